The molecule has 1 unspecified atom stereocenters. The quantitative estimate of drug-likeness (QED) is 0.516. The molecule has 0 N–H and O–H groups in total. The average molecular weight is 352 g/mol. The summed E-state index contributed by atoms with van der Waals surface area (Å²) in [5.41, 5.74) is 3.10. The van der Waals surface area contributed by atoms with E-state index in [9.17, 15) is 4.79 Å². The second-order valence-corrected chi connectivity index (χ2v) is 7.22. The predicted molar refractivity (Wildman–Crippen MR) is 102 cm³/mol. The number of carbonyl (C=O) groups excluding carboxylic acids is 1. The number of nitrogens with zero attached hydrogens (tertiary/aromatic N) is 2. The SMILES string of the molecule is CCN(CC)c1ccc2c(c1)OC(=O)C(c1nc3ccccc3s1)C2. The molecule has 2 aromatic carbocycles. The summed E-state index contributed by atoms with van der Waals surface area (Å²) in [7, 11) is 0. The van der Waals surface area contributed by atoms with Gasteiger partial charge in [0.15, 0.2) is 0 Å². The van der Waals surface area contributed by atoms with Crippen LogP contribution in [-0.2, 0) is 11.2 Å². The molecule has 5 heteroatoms. The van der Waals surface area contributed by atoms with Crippen molar-refractivity contribution in [3.63, 3.8) is 0 Å². The largest absolute Gasteiger partial charge is 0.426 e. The number of aromatic nitrogens is 1. The molecular weight excluding hydrogens is 332 g/mol. The van der Waals surface area contributed by atoms with Gasteiger partial charge in [0, 0.05) is 24.8 Å². The Bertz CT molecular complexity index is 897. The highest BCUT2D eigenvalue weighted by molar-refractivity contribution is 7.18. The Balaban J connectivity index is 1.66. The van der Waals surface area contributed by atoms with Crippen LogP contribution in [0.25, 0.3) is 10.2 Å². The number of para-hydroxylation sites is 1. The van der Waals surface area contributed by atoms with Crippen molar-refractivity contribution < 1.29 is 9.53 Å². The zero-order valence-corrected chi connectivity index (χ0v) is 15.2. The second kappa shape index (κ2) is 6.48. The number of thiazole rings is 1. The highest BCUT2D eigenvalue weighted by atomic mass is 32.1. The molecule has 0 amide bonds. The van der Waals surface area contributed by atoms with Gasteiger partial charge in [-0.2, -0.15) is 0 Å². The minimum Gasteiger partial charge on any atom is -0.426 e. The first kappa shape index (κ1) is 16.1. The lowest BCUT2D eigenvalue weighted by atomic mass is 9.96. The maximum atomic E-state index is 12.6. The number of anilines is 1. The smallest absolute Gasteiger partial charge is 0.321 e. The van der Waals surface area contributed by atoms with Crippen LogP contribution in [0.15, 0.2) is 42.5 Å². The second-order valence-electron chi connectivity index (χ2n) is 6.16. The number of carbonyl (C=O) groups is 1. The van der Waals surface area contributed by atoms with Crippen LogP contribution in [0.4, 0.5) is 5.69 Å². The molecule has 4 rings (SSSR count). The molecule has 0 aliphatic carbocycles. The number of benzene rings is 2. The summed E-state index contributed by atoms with van der Waals surface area (Å²) in [5.74, 6) is 0.166. The molecule has 1 atom stereocenters. The highest BCUT2D eigenvalue weighted by Crippen LogP contribution is 2.38. The van der Waals surface area contributed by atoms with Crippen LogP contribution in [0.3, 0.4) is 0 Å². The lowest BCUT2D eigenvalue weighted by molar-refractivity contribution is -0.137. The van der Waals surface area contributed by atoms with Crippen molar-refractivity contribution in [1.82, 2.24) is 4.98 Å². The fourth-order valence-electron chi connectivity index (χ4n) is 3.30. The fourth-order valence-corrected chi connectivity index (χ4v) is 4.36. The number of fused-ring (bicyclic) bond motifs is 2. The maximum absolute atomic E-state index is 12.6. The van der Waals surface area contributed by atoms with Crippen LogP contribution in [0.2, 0.25) is 0 Å². The Labute approximate surface area is 151 Å². The molecule has 0 saturated heterocycles. The Hall–Kier alpha value is -2.40. The van der Waals surface area contributed by atoms with E-state index in [2.05, 4.69) is 35.9 Å². The van der Waals surface area contributed by atoms with Gasteiger partial charge in [0.25, 0.3) is 0 Å². The Morgan fingerprint density at radius 1 is 1.20 bits per heavy atom. The monoisotopic (exact) mass is 352 g/mol. The molecule has 25 heavy (non-hydrogen) atoms. The van der Waals surface area contributed by atoms with Gasteiger partial charge in [0.2, 0.25) is 0 Å². The molecule has 4 nitrogen and oxygen atoms in total. The van der Waals surface area contributed by atoms with Crippen LogP contribution >= 0.6 is 11.3 Å². The molecule has 0 fully saturated rings. The molecule has 3 aromatic rings. The van der Waals surface area contributed by atoms with Gasteiger partial charge in [0.05, 0.1) is 10.2 Å². The molecule has 0 spiro atoms. The summed E-state index contributed by atoms with van der Waals surface area (Å²) in [6.45, 7) is 6.10. The number of hydrogen-bond acceptors (Lipinski definition) is 5. The fraction of sp³-hybridized carbons (Fsp3) is 0.300. The number of ether oxygens (including phenoxy) is 1. The summed E-state index contributed by atoms with van der Waals surface area (Å²) < 4.78 is 6.78. The van der Waals surface area contributed by atoms with Gasteiger partial charge in [-0.25, -0.2) is 4.98 Å². The van der Waals surface area contributed by atoms with Gasteiger partial charge in [0.1, 0.15) is 16.7 Å². The van der Waals surface area contributed by atoms with Crippen LogP contribution in [0.5, 0.6) is 5.75 Å². The molecule has 128 valence electrons. The third-order valence-electron chi connectivity index (χ3n) is 4.71. The maximum Gasteiger partial charge on any atom is 0.321 e. The summed E-state index contributed by atoms with van der Waals surface area (Å²) >= 11 is 1.58. The summed E-state index contributed by atoms with van der Waals surface area (Å²) in [6, 6.07) is 14.1. The van der Waals surface area contributed by atoms with E-state index in [1.54, 1.807) is 11.3 Å². The van der Waals surface area contributed by atoms with Crippen LogP contribution in [-0.4, -0.2) is 24.0 Å². The van der Waals surface area contributed by atoms with Crippen molar-refractivity contribution in [1.29, 1.82) is 0 Å². The predicted octanol–water partition coefficient (Wildman–Crippen LogP) is 4.39. The normalized spacial score (nSPS) is 16.6. The highest BCUT2D eigenvalue weighted by Gasteiger charge is 2.32. The molecule has 1 aliphatic heterocycles. The van der Waals surface area contributed by atoms with Crippen molar-refractivity contribution in [3.8, 4) is 5.75 Å². The number of hydrogen-bond donors (Lipinski definition) is 0. The van der Waals surface area contributed by atoms with Crippen molar-refractivity contribution in [2.75, 3.05) is 18.0 Å². The molecule has 0 saturated carbocycles. The third kappa shape index (κ3) is 2.89. The summed E-state index contributed by atoms with van der Waals surface area (Å²) in [5, 5.41) is 0.838. The lowest BCUT2D eigenvalue weighted by Crippen LogP contribution is -2.27. The van der Waals surface area contributed by atoms with Crippen molar-refractivity contribution in [2.45, 2.75) is 26.2 Å². The zero-order valence-electron chi connectivity index (χ0n) is 14.4. The minimum absolute atomic E-state index is 0.205. The summed E-state index contributed by atoms with van der Waals surface area (Å²) in [4.78, 5) is 19.5. The standard InChI is InChI=1S/C20H20N2O2S/c1-3-22(4-2)14-10-9-13-11-15(20(23)24-17(13)12-14)19-21-16-7-5-6-8-18(16)25-19/h5-10,12,15H,3-4,11H2,1-2H3. The van der Waals surface area contributed by atoms with Gasteiger partial charge >= 0.3 is 5.97 Å². The van der Waals surface area contributed by atoms with E-state index >= 15 is 0 Å². The summed E-state index contributed by atoms with van der Waals surface area (Å²) in [6.07, 6.45) is 0.645. The Kier molecular flexibility index (Phi) is 4.17. The lowest BCUT2D eigenvalue weighted by Gasteiger charge is -2.26. The average Bonchev–Trinajstić information content (AvgIpc) is 3.06. The van der Waals surface area contributed by atoms with E-state index in [0.29, 0.717) is 12.2 Å². The van der Waals surface area contributed by atoms with Crippen LogP contribution in [0.1, 0.15) is 30.3 Å². The Morgan fingerprint density at radius 3 is 2.76 bits per heavy atom. The van der Waals surface area contributed by atoms with Crippen LogP contribution in [0, 0.1) is 0 Å². The van der Waals surface area contributed by atoms with E-state index in [1.807, 2.05) is 30.3 Å². The minimum atomic E-state index is -0.316. The molecule has 1 aliphatic rings. The van der Waals surface area contributed by atoms with E-state index in [4.69, 9.17) is 4.74 Å². The topological polar surface area (TPSA) is 42.4 Å². The molecule has 2 heterocycles. The van der Waals surface area contributed by atoms with Crippen LogP contribution < -0.4 is 9.64 Å². The molecular formula is C20H20N2O2S. The first-order valence-electron chi connectivity index (χ1n) is 8.64. The number of rotatable bonds is 4. The van der Waals surface area contributed by atoms with Crippen molar-refractivity contribution in [2.24, 2.45) is 0 Å². The Morgan fingerprint density at radius 2 is 2.00 bits per heavy atom. The van der Waals surface area contributed by atoms with E-state index < -0.39 is 0 Å². The molecule has 0 bridgehead atoms. The zero-order chi connectivity index (χ0) is 17.4. The van der Waals surface area contributed by atoms with Gasteiger partial charge in [-0.3, -0.25) is 4.79 Å². The van der Waals surface area contributed by atoms with E-state index in [1.165, 1.54) is 0 Å². The van der Waals surface area contributed by atoms with Gasteiger partial charge in [-0.05, 0) is 44.0 Å². The first-order valence-corrected chi connectivity index (χ1v) is 9.46. The van der Waals surface area contributed by atoms with E-state index in [0.717, 1.165) is 39.6 Å². The van der Waals surface area contributed by atoms with Crippen molar-refractivity contribution in [3.05, 3.63) is 53.0 Å². The molecule has 1 aromatic heterocycles. The third-order valence-corrected chi connectivity index (χ3v) is 5.86. The van der Waals surface area contributed by atoms with Crippen molar-refractivity contribution >= 4 is 33.2 Å². The first-order chi connectivity index (χ1) is 12.2. The molecule has 0 radical (unpaired) electrons. The number of esters is 1. The van der Waals surface area contributed by atoms with Gasteiger partial charge in [-0.15, -0.1) is 11.3 Å². The van der Waals surface area contributed by atoms with E-state index in [-0.39, 0.29) is 11.9 Å². The van der Waals surface area contributed by atoms with Gasteiger partial charge < -0.3 is 9.64 Å². The van der Waals surface area contributed by atoms with Gasteiger partial charge in [-0.1, -0.05) is 18.2 Å².